The van der Waals surface area contributed by atoms with Crippen LogP contribution in [0.25, 0.3) is 0 Å². The van der Waals surface area contributed by atoms with E-state index in [0.29, 0.717) is 5.56 Å². The highest BCUT2D eigenvalue weighted by Gasteiger charge is 2.17. The van der Waals surface area contributed by atoms with Crippen molar-refractivity contribution < 1.29 is 18.3 Å². The molecule has 0 saturated carbocycles. The molecule has 1 unspecified atom stereocenters. The van der Waals surface area contributed by atoms with Crippen LogP contribution in [0.2, 0.25) is 5.15 Å². The molecule has 0 bridgehead atoms. The minimum Gasteiger partial charge on any atom is -0.481 e. The number of aromatic nitrogens is 1. The average Bonchev–Trinajstić information content (AvgIpc) is 2.44. The van der Waals surface area contributed by atoms with Gasteiger partial charge in [0.2, 0.25) is 10.0 Å². The lowest BCUT2D eigenvalue weighted by molar-refractivity contribution is -0.137. The molecule has 1 rings (SSSR count). The largest absolute Gasteiger partial charge is 0.481 e. The van der Waals surface area contributed by atoms with Crippen molar-refractivity contribution in [2.75, 3.05) is 6.26 Å². The number of hydrogen-bond acceptors (Lipinski definition) is 4. The molecular formula is C8H11ClN2O4S. The minimum atomic E-state index is -3.49. The number of carboxylic acid groups (broad SMARTS) is 1. The molecule has 0 aliphatic carbocycles. The van der Waals surface area contributed by atoms with Gasteiger partial charge in [-0.1, -0.05) is 11.6 Å². The molecular weight excluding hydrogens is 256 g/mol. The van der Waals surface area contributed by atoms with E-state index in [1.807, 2.05) is 0 Å². The second kappa shape index (κ2) is 4.44. The molecule has 1 atom stereocenters. The molecule has 90 valence electrons. The first-order valence-electron chi connectivity index (χ1n) is 4.27. The molecule has 0 aliphatic heterocycles. The Labute approximate surface area is 97.7 Å². The summed E-state index contributed by atoms with van der Waals surface area (Å²) in [5.74, 6) is -1.06. The Balaban J connectivity index is 3.06. The zero-order valence-corrected chi connectivity index (χ0v) is 9.99. The van der Waals surface area contributed by atoms with E-state index in [0.717, 1.165) is 10.2 Å². The molecule has 0 spiro atoms. The lowest BCUT2D eigenvalue weighted by Gasteiger charge is -2.05. The predicted octanol–water partition coefficient (Wildman–Crippen LogP) is 0.424. The fourth-order valence-corrected chi connectivity index (χ4v) is 2.43. The second-order valence-corrected chi connectivity index (χ2v) is 5.61. The Morgan fingerprint density at radius 1 is 1.69 bits per heavy atom. The Kier molecular flexibility index (Phi) is 3.61. The highest BCUT2D eigenvalue weighted by Crippen LogP contribution is 2.22. The summed E-state index contributed by atoms with van der Waals surface area (Å²) < 4.78 is 23.3. The van der Waals surface area contributed by atoms with Crippen LogP contribution in [-0.4, -0.2) is 29.7 Å². The summed E-state index contributed by atoms with van der Waals surface area (Å²) in [5, 5.41) is 8.53. The van der Waals surface area contributed by atoms with Crippen LogP contribution in [0.1, 0.15) is 18.0 Å². The Morgan fingerprint density at radius 2 is 2.25 bits per heavy atom. The summed E-state index contributed by atoms with van der Waals surface area (Å²) in [6.45, 7) is 0. The number of nitrogens with zero attached hydrogens (tertiary/aromatic N) is 1. The van der Waals surface area contributed by atoms with E-state index in [1.54, 1.807) is 0 Å². The third-order valence-electron chi connectivity index (χ3n) is 1.94. The molecule has 8 heteroatoms. The number of halogens is 1. The van der Waals surface area contributed by atoms with E-state index >= 15 is 0 Å². The van der Waals surface area contributed by atoms with E-state index in [4.69, 9.17) is 22.4 Å². The van der Waals surface area contributed by atoms with Gasteiger partial charge in [-0.2, -0.15) is 0 Å². The van der Waals surface area contributed by atoms with Gasteiger partial charge in [-0.15, -0.1) is 0 Å². The molecule has 0 aliphatic rings. The van der Waals surface area contributed by atoms with Gasteiger partial charge in [0.25, 0.3) is 0 Å². The standard InChI is InChI=1S/C8H11ClN2O4S/c1-16(14,15)11-4-5(2-7(11)9)6(10)3-8(12)13/h2,4,6H,3,10H2,1H3,(H,12,13). The van der Waals surface area contributed by atoms with Gasteiger partial charge in [0, 0.05) is 12.2 Å². The number of rotatable bonds is 4. The highest BCUT2D eigenvalue weighted by molar-refractivity contribution is 7.89. The van der Waals surface area contributed by atoms with Gasteiger partial charge in [0.15, 0.2) is 0 Å². The van der Waals surface area contributed by atoms with E-state index in [-0.39, 0.29) is 11.6 Å². The number of carbonyl (C=O) groups is 1. The molecule has 1 aromatic heterocycles. The molecule has 0 radical (unpaired) electrons. The lowest BCUT2D eigenvalue weighted by atomic mass is 10.1. The maximum atomic E-state index is 11.2. The summed E-state index contributed by atoms with van der Waals surface area (Å²) in [6.07, 6.45) is 1.93. The second-order valence-electron chi connectivity index (χ2n) is 3.36. The van der Waals surface area contributed by atoms with E-state index in [1.165, 1.54) is 12.3 Å². The fourth-order valence-electron chi connectivity index (χ4n) is 1.20. The molecule has 16 heavy (non-hydrogen) atoms. The zero-order valence-electron chi connectivity index (χ0n) is 8.42. The lowest BCUT2D eigenvalue weighted by Crippen LogP contribution is -2.15. The van der Waals surface area contributed by atoms with Crippen molar-refractivity contribution in [3.05, 3.63) is 23.0 Å². The number of hydrogen-bond donors (Lipinski definition) is 2. The van der Waals surface area contributed by atoms with Crippen molar-refractivity contribution in [2.45, 2.75) is 12.5 Å². The third-order valence-corrected chi connectivity index (χ3v) is 3.35. The van der Waals surface area contributed by atoms with Gasteiger partial charge in [0.05, 0.1) is 12.7 Å². The summed E-state index contributed by atoms with van der Waals surface area (Å²) >= 11 is 5.69. The number of aliphatic carboxylic acids is 1. The highest BCUT2D eigenvalue weighted by atomic mass is 35.5. The van der Waals surface area contributed by atoms with Crippen LogP contribution < -0.4 is 5.73 Å². The first-order chi connectivity index (χ1) is 7.21. The average molecular weight is 267 g/mol. The smallest absolute Gasteiger partial charge is 0.305 e. The monoisotopic (exact) mass is 266 g/mol. The van der Waals surface area contributed by atoms with Crippen molar-refractivity contribution in [3.8, 4) is 0 Å². The van der Waals surface area contributed by atoms with Gasteiger partial charge >= 0.3 is 5.97 Å². The summed E-state index contributed by atoms with van der Waals surface area (Å²) in [7, 11) is -3.49. The van der Waals surface area contributed by atoms with Gasteiger partial charge in [0.1, 0.15) is 5.15 Å². The number of nitrogens with two attached hydrogens (primary N) is 1. The maximum absolute atomic E-state index is 11.2. The van der Waals surface area contributed by atoms with Crippen molar-refractivity contribution in [1.82, 2.24) is 3.97 Å². The van der Waals surface area contributed by atoms with E-state index in [9.17, 15) is 13.2 Å². The van der Waals surface area contributed by atoms with E-state index < -0.39 is 22.0 Å². The van der Waals surface area contributed by atoms with E-state index in [2.05, 4.69) is 0 Å². The predicted molar refractivity (Wildman–Crippen MR) is 58.9 cm³/mol. The minimum absolute atomic E-state index is 0.0154. The van der Waals surface area contributed by atoms with Crippen LogP contribution in [0.15, 0.2) is 12.3 Å². The Bertz CT molecular complexity index is 508. The normalized spacial score (nSPS) is 13.7. The molecule has 1 aromatic rings. The molecule has 0 saturated heterocycles. The van der Waals surface area contributed by atoms with Crippen LogP contribution in [0.4, 0.5) is 0 Å². The molecule has 6 nitrogen and oxygen atoms in total. The first-order valence-corrected chi connectivity index (χ1v) is 6.50. The molecule has 3 N–H and O–H groups in total. The Morgan fingerprint density at radius 3 is 2.62 bits per heavy atom. The third kappa shape index (κ3) is 2.97. The maximum Gasteiger partial charge on any atom is 0.305 e. The molecule has 1 heterocycles. The van der Waals surface area contributed by atoms with Crippen molar-refractivity contribution in [3.63, 3.8) is 0 Å². The van der Waals surface area contributed by atoms with Gasteiger partial charge in [-0.25, -0.2) is 12.4 Å². The summed E-state index contributed by atoms with van der Waals surface area (Å²) in [4.78, 5) is 10.4. The summed E-state index contributed by atoms with van der Waals surface area (Å²) in [6, 6.07) is 0.564. The van der Waals surface area contributed by atoms with Gasteiger partial charge < -0.3 is 10.8 Å². The topological polar surface area (TPSA) is 102 Å². The van der Waals surface area contributed by atoms with Crippen molar-refractivity contribution in [2.24, 2.45) is 5.73 Å². The number of carboxylic acids is 1. The van der Waals surface area contributed by atoms with Crippen LogP contribution in [0, 0.1) is 0 Å². The SMILES string of the molecule is CS(=O)(=O)n1cc(C(N)CC(=O)O)cc1Cl. The fraction of sp³-hybridized carbons (Fsp3) is 0.375. The quantitative estimate of drug-likeness (QED) is 0.822. The first kappa shape index (κ1) is 13.0. The zero-order chi connectivity index (χ0) is 12.5. The van der Waals surface area contributed by atoms with Crippen molar-refractivity contribution >= 4 is 27.6 Å². The van der Waals surface area contributed by atoms with Crippen LogP contribution in [-0.2, 0) is 14.8 Å². The van der Waals surface area contributed by atoms with Crippen LogP contribution in [0.3, 0.4) is 0 Å². The van der Waals surface area contributed by atoms with Gasteiger partial charge in [-0.3, -0.25) is 4.79 Å². The molecule has 0 amide bonds. The van der Waals surface area contributed by atoms with Crippen LogP contribution >= 0.6 is 11.6 Å². The van der Waals surface area contributed by atoms with Crippen LogP contribution in [0.5, 0.6) is 0 Å². The summed E-state index contributed by atoms with van der Waals surface area (Å²) in [5.41, 5.74) is 5.95. The van der Waals surface area contributed by atoms with Gasteiger partial charge in [-0.05, 0) is 11.6 Å². The van der Waals surface area contributed by atoms with Crippen molar-refractivity contribution in [1.29, 1.82) is 0 Å². The molecule has 0 fully saturated rings. The Hall–Kier alpha value is -1.05. The molecule has 0 aromatic carbocycles.